The first-order chi connectivity index (χ1) is 13.6. The van der Waals surface area contributed by atoms with Crippen LogP contribution in [0.1, 0.15) is 66.3 Å². The topological polar surface area (TPSA) is 0 Å². The zero-order chi connectivity index (χ0) is 19.7. The fourth-order valence-corrected chi connectivity index (χ4v) is 5.28. The van der Waals surface area contributed by atoms with E-state index in [0.717, 1.165) is 8.95 Å². The predicted octanol–water partition coefficient (Wildman–Crippen LogP) is 8.80. The van der Waals surface area contributed by atoms with Gasteiger partial charge < -0.3 is 0 Å². The van der Waals surface area contributed by atoms with E-state index in [1.807, 2.05) is 0 Å². The van der Waals surface area contributed by atoms with Gasteiger partial charge in [0.05, 0.1) is 0 Å². The van der Waals surface area contributed by atoms with E-state index in [4.69, 9.17) is 0 Å². The van der Waals surface area contributed by atoms with Gasteiger partial charge in [-0.05, 0) is 77.4 Å². The average Bonchev–Trinajstić information content (AvgIpc) is 2.97. The van der Waals surface area contributed by atoms with Crippen LogP contribution < -0.4 is 0 Å². The summed E-state index contributed by atoms with van der Waals surface area (Å²) in [6.07, 6.45) is 6.42. The van der Waals surface area contributed by atoms with Crippen LogP contribution in [0.5, 0.6) is 0 Å². The molecular formula is C26H26Br2. The van der Waals surface area contributed by atoms with Crippen molar-refractivity contribution in [1.29, 1.82) is 0 Å². The summed E-state index contributed by atoms with van der Waals surface area (Å²) in [4.78, 5) is 0. The maximum atomic E-state index is 3.69. The molecule has 0 bridgehead atoms. The van der Waals surface area contributed by atoms with Crippen molar-refractivity contribution in [3.05, 3.63) is 91.4 Å². The molecule has 0 aliphatic heterocycles. The van der Waals surface area contributed by atoms with Gasteiger partial charge in [-0.3, -0.25) is 0 Å². The molecule has 1 aliphatic rings. The number of aryl methyl sites for hydroxylation is 2. The van der Waals surface area contributed by atoms with Gasteiger partial charge in [-0.2, -0.15) is 0 Å². The van der Waals surface area contributed by atoms with E-state index in [1.54, 1.807) is 0 Å². The summed E-state index contributed by atoms with van der Waals surface area (Å²) < 4.78 is 2.30. The lowest BCUT2D eigenvalue weighted by Gasteiger charge is -2.17. The van der Waals surface area contributed by atoms with Crippen LogP contribution in [0.15, 0.2) is 63.5 Å². The molecule has 2 heteroatoms. The van der Waals surface area contributed by atoms with E-state index >= 15 is 0 Å². The molecule has 28 heavy (non-hydrogen) atoms. The lowest BCUT2D eigenvalue weighted by Crippen LogP contribution is -2.01. The van der Waals surface area contributed by atoms with E-state index < -0.39 is 0 Å². The Morgan fingerprint density at radius 3 is 2.00 bits per heavy atom. The van der Waals surface area contributed by atoms with Crippen molar-refractivity contribution in [2.75, 3.05) is 0 Å². The van der Waals surface area contributed by atoms with E-state index in [9.17, 15) is 0 Å². The number of fused-ring (bicyclic) bond motifs is 3. The Balaban J connectivity index is 1.77. The molecular weight excluding hydrogens is 472 g/mol. The van der Waals surface area contributed by atoms with Crippen LogP contribution >= 0.6 is 31.9 Å². The van der Waals surface area contributed by atoms with Crippen LogP contribution in [0.4, 0.5) is 0 Å². The molecule has 0 aromatic heterocycles. The standard InChI is InChI=1S/C26H26Br2/c1-3-4-5-6-7-18-12-17(2)13-19(14-18)26-24-15-20(27)8-10-22(24)23-11-9-21(28)16-25(23)26/h8-16,26H,3-7H2,1-2H3. The number of halogens is 2. The van der Waals surface area contributed by atoms with E-state index in [2.05, 4.69) is 100 Å². The van der Waals surface area contributed by atoms with Crippen LogP contribution in [0.2, 0.25) is 0 Å². The van der Waals surface area contributed by atoms with Gasteiger partial charge in [-0.25, -0.2) is 0 Å². The van der Waals surface area contributed by atoms with Gasteiger partial charge in [0.1, 0.15) is 0 Å². The summed E-state index contributed by atoms with van der Waals surface area (Å²) in [5, 5.41) is 0. The Bertz CT molecular complexity index is 952. The fourth-order valence-electron chi connectivity index (χ4n) is 4.52. The highest BCUT2D eigenvalue weighted by molar-refractivity contribution is 9.10. The molecule has 4 rings (SSSR count). The van der Waals surface area contributed by atoms with Gasteiger partial charge >= 0.3 is 0 Å². The van der Waals surface area contributed by atoms with Crippen LogP contribution in [-0.2, 0) is 6.42 Å². The normalized spacial score (nSPS) is 12.9. The summed E-state index contributed by atoms with van der Waals surface area (Å²) >= 11 is 7.39. The van der Waals surface area contributed by atoms with E-state index in [-0.39, 0.29) is 0 Å². The quantitative estimate of drug-likeness (QED) is 0.233. The maximum absolute atomic E-state index is 3.69. The van der Waals surface area contributed by atoms with Gasteiger partial charge in [-0.1, -0.05) is 93.9 Å². The first kappa shape index (κ1) is 19.9. The number of rotatable bonds is 6. The lowest BCUT2D eigenvalue weighted by molar-refractivity contribution is 0.666. The minimum absolute atomic E-state index is 0.300. The zero-order valence-corrected chi connectivity index (χ0v) is 19.7. The van der Waals surface area contributed by atoms with Crippen molar-refractivity contribution < 1.29 is 0 Å². The molecule has 0 nitrogen and oxygen atoms in total. The number of hydrogen-bond donors (Lipinski definition) is 0. The second-order valence-electron chi connectivity index (χ2n) is 7.96. The molecule has 0 fully saturated rings. The molecule has 3 aromatic carbocycles. The highest BCUT2D eigenvalue weighted by Crippen LogP contribution is 2.49. The highest BCUT2D eigenvalue weighted by Gasteiger charge is 2.30. The smallest absolute Gasteiger partial charge is 0.0353 e. The van der Waals surface area contributed by atoms with Gasteiger partial charge in [-0.15, -0.1) is 0 Å². The lowest BCUT2D eigenvalue weighted by atomic mass is 9.87. The molecule has 0 atom stereocenters. The molecule has 0 heterocycles. The monoisotopic (exact) mass is 496 g/mol. The Morgan fingerprint density at radius 2 is 1.39 bits per heavy atom. The average molecular weight is 498 g/mol. The second kappa shape index (κ2) is 8.55. The predicted molar refractivity (Wildman–Crippen MR) is 127 cm³/mol. The summed E-state index contributed by atoms with van der Waals surface area (Å²) in [6, 6.07) is 20.6. The van der Waals surface area contributed by atoms with Crippen LogP contribution in [-0.4, -0.2) is 0 Å². The Labute approximate surface area is 185 Å². The van der Waals surface area contributed by atoms with Gasteiger partial charge in [0, 0.05) is 14.9 Å². The molecule has 144 valence electrons. The summed E-state index contributed by atoms with van der Waals surface area (Å²) in [7, 11) is 0. The summed E-state index contributed by atoms with van der Waals surface area (Å²) in [5.74, 6) is 0.300. The molecule has 0 N–H and O–H groups in total. The van der Waals surface area contributed by atoms with Crippen molar-refractivity contribution in [3.63, 3.8) is 0 Å². The minimum atomic E-state index is 0.300. The summed E-state index contributed by atoms with van der Waals surface area (Å²) in [5.41, 5.74) is 9.80. The number of unbranched alkanes of at least 4 members (excludes halogenated alkanes) is 3. The van der Waals surface area contributed by atoms with Crippen molar-refractivity contribution in [1.82, 2.24) is 0 Å². The first-order valence-corrected chi connectivity index (χ1v) is 11.8. The fraction of sp³-hybridized carbons (Fsp3) is 0.308. The highest BCUT2D eigenvalue weighted by atomic mass is 79.9. The third kappa shape index (κ3) is 4.00. The minimum Gasteiger partial charge on any atom is -0.0654 e. The SMILES string of the molecule is CCCCCCc1cc(C)cc(C2c3cc(Br)ccc3-c3ccc(Br)cc32)c1. The second-order valence-corrected chi connectivity index (χ2v) is 9.79. The van der Waals surface area contributed by atoms with Crippen LogP contribution in [0.25, 0.3) is 11.1 Å². The van der Waals surface area contributed by atoms with Crippen molar-refractivity contribution in [2.45, 2.75) is 51.9 Å². The van der Waals surface area contributed by atoms with Crippen molar-refractivity contribution in [2.24, 2.45) is 0 Å². The van der Waals surface area contributed by atoms with E-state index in [0.29, 0.717) is 5.92 Å². The molecule has 0 spiro atoms. The molecule has 0 amide bonds. The molecule has 0 saturated carbocycles. The van der Waals surface area contributed by atoms with Crippen LogP contribution in [0.3, 0.4) is 0 Å². The third-order valence-electron chi connectivity index (χ3n) is 5.75. The Hall–Kier alpha value is -1.38. The number of hydrogen-bond acceptors (Lipinski definition) is 0. The molecule has 0 radical (unpaired) electrons. The van der Waals surface area contributed by atoms with Crippen molar-refractivity contribution in [3.8, 4) is 11.1 Å². The van der Waals surface area contributed by atoms with E-state index in [1.165, 1.54) is 71.0 Å². The number of benzene rings is 3. The first-order valence-electron chi connectivity index (χ1n) is 10.3. The van der Waals surface area contributed by atoms with Crippen molar-refractivity contribution >= 4 is 31.9 Å². The maximum Gasteiger partial charge on any atom is 0.0353 e. The zero-order valence-electron chi connectivity index (χ0n) is 16.6. The summed E-state index contributed by atoms with van der Waals surface area (Å²) in [6.45, 7) is 4.51. The Kier molecular flexibility index (Phi) is 6.08. The molecule has 3 aromatic rings. The van der Waals surface area contributed by atoms with Gasteiger partial charge in [0.15, 0.2) is 0 Å². The van der Waals surface area contributed by atoms with Gasteiger partial charge in [0.2, 0.25) is 0 Å². The largest absolute Gasteiger partial charge is 0.0654 e. The molecule has 1 aliphatic carbocycles. The molecule has 0 saturated heterocycles. The van der Waals surface area contributed by atoms with Crippen LogP contribution in [0, 0.1) is 6.92 Å². The third-order valence-corrected chi connectivity index (χ3v) is 6.74. The van der Waals surface area contributed by atoms with Gasteiger partial charge in [0.25, 0.3) is 0 Å². The molecule has 0 unspecified atom stereocenters. The Morgan fingerprint density at radius 1 is 0.750 bits per heavy atom.